The molecule has 0 aliphatic carbocycles. The molecule has 8 aliphatic heterocycles. The van der Waals surface area contributed by atoms with Gasteiger partial charge in [-0.3, -0.25) is 0 Å². The minimum absolute atomic E-state index is 0. The molecular formula is C50H63B4Br2Cl2NO12. The van der Waals surface area contributed by atoms with Crippen LogP contribution in [0.5, 0.6) is 23.0 Å². The zero-order valence-electron chi connectivity index (χ0n) is 41.0. The Labute approximate surface area is 447 Å². The van der Waals surface area contributed by atoms with Crippen molar-refractivity contribution in [1.29, 1.82) is 0 Å². The highest BCUT2D eigenvalue weighted by molar-refractivity contribution is 9.10. The molecule has 0 bridgehead atoms. The molecule has 21 heteroatoms. The molecule has 0 fully saturated rings. The summed E-state index contributed by atoms with van der Waals surface area (Å²) in [6.07, 6.45) is 2.77. The molecule has 4 aromatic rings. The first-order chi connectivity index (χ1) is 33.4. The molecule has 0 amide bonds. The second-order valence-electron chi connectivity index (χ2n) is 19.6. The van der Waals surface area contributed by atoms with E-state index in [1.807, 2.05) is 90.1 Å². The average Bonchev–Trinajstić information content (AvgIpc) is 4.01. The van der Waals surface area contributed by atoms with Gasteiger partial charge in [-0.15, -0.1) is 0 Å². The van der Waals surface area contributed by atoms with Crippen molar-refractivity contribution in [2.24, 2.45) is 5.73 Å². The molecule has 0 saturated carbocycles. The van der Waals surface area contributed by atoms with Crippen molar-refractivity contribution in [3.63, 3.8) is 0 Å². The van der Waals surface area contributed by atoms with Crippen LogP contribution in [0.15, 0.2) is 57.5 Å². The van der Waals surface area contributed by atoms with E-state index in [1.54, 1.807) is 0 Å². The van der Waals surface area contributed by atoms with Gasteiger partial charge in [0.15, 0.2) is 0 Å². The fourth-order valence-electron chi connectivity index (χ4n) is 9.80. The largest absolute Gasteiger partial charge is 0.499 e. The number of benzene rings is 4. The Balaban J connectivity index is 0.000000126. The molecule has 8 aliphatic rings. The lowest BCUT2D eigenvalue weighted by Gasteiger charge is -2.25. The summed E-state index contributed by atoms with van der Waals surface area (Å²) >= 11 is 19.7. The van der Waals surface area contributed by atoms with E-state index in [9.17, 15) is 0 Å². The molecule has 2 N–H and O–H groups in total. The van der Waals surface area contributed by atoms with E-state index >= 15 is 0 Å². The van der Waals surface area contributed by atoms with Crippen LogP contribution in [0.3, 0.4) is 0 Å². The van der Waals surface area contributed by atoms with Crippen LogP contribution < -0.4 is 46.5 Å². The molecule has 8 heterocycles. The van der Waals surface area contributed by atoms with Gasteiger partial charge in [0.1, 0.15) is 49.4 Å². The summed E-state index contributed by atoms with van der Waals surface area (Å²) in [4.78, 5) is 0. The van der Waals surface area contributed by atoms with Gasteiger partial charge in [0.25, 0.3) is 0 Å². The van der Waals surface area contributed by atoms with E-state index in [-0.39, 0.29) is 71.0 Å². The maximum atomic E-state index is 6.26. The molecule has 380 valence electrons. The summed E-state index contributed by atoms with van der Waals surface area (Å²) in [6.45, 7) is 20.8. The van der Waals surface area contributed by atoms with Crippen LogP contribution in [0.2, 0.25) is 10.0 Å². The SMILES string of the molecule is C.CC1(C)COc2ccc(Cl)c3c2B(O[C@@H]3CN)O1.CC[C@H]1OB2OC(C)(C)COc3ccc(Br)c1c32.CC[C@H]1OB2OC(C)COc3ccc(Br)c1c32.CC[C@H]1OB2OC(C)COc3ccc(Cl)c1c32. The number of hydrogen-bond acceptors (Lipinski definition) is 13. The number of ether oxygens (including phenoxy) is 4. The molecule has 6 atom stereocenters. The summed E-state index contributed by atoms with van der Waals surface area (Å²) in [6, 6.07) is 15.5. The van der Waals surface area contributed by atoms with E-state index < -0.39 is 12.7 Å². The lowest BCUT2D eigenvalue weighted by Crippen LogP contribution is -2.40. The van der Waals surface area contributed by atoms with Gasteiger partial charge in [-0.05, 0) is 120 Å². The first-order valence-corrected chi connectivity index (χ1v) is 26.6. The van der Waals surface area contributed by atoms with E-state index in [0.29, 0.717) is 38.0 Å². The summed E-state index contributed by atoms with van der Waals surface area (Å²) in [7, 11) is -1.37. The third-order valence-corrected chi connectivity index (χ3v) is 15.2. The van der Waals surface area contributed by atoms with Crippen LogP contribution in [-0.2, 0) is 37.2 Å². The van der Waals surface area contributed by atoms with Gasteiger partial charge in [-0.25, -0.2) is 0 Å². The Hall–Kier alpha value is -2.48. The van der Waals surface area contributed by atoms with Gasteiger partial charge in [0, 0.05) is 58.5 Å². The molecule has 2 unspecified atom stereocenters. The standard InChI is InChI=1S/C13H16BBrO3.C12H14BBrO3.C12H15BClNO3.C12H14BClO3.CH4/c1-4-9-11-8(15)5-6-10-12(11)14(17-9)18-13(2,3)7-16-10;1-3-9-11-8(14)4-5-10-12(11)13(17-9)16-7(2)6-15-10;1-12(2)6-16-8-4-3-7(14)10-9(5-15)17-13(18-12)11(8)10;1-3-9-11-8(14)4-5-10-12(11)13(17-9)16-7(2)6-15-10;/h5-6,9H,4,7H2,1-3H3;4-5,7,9H,3,6H2,1-2H3;3-4,9H,5-6,15H2,1-2H3;4-5,7,9H,3,6H2,1-2H3;1H4/t9-;7?,9-;9-;7?,9-;/m1111./s1. The van der Waals surface area contributed by atoms with E-state index in [1.165, 1.54) is 11.1 Å². The minimum Gasteiger partial charge on any atom is -0.491 e. The quantitative estimate of drug-likeness (QED) is 0.195. The maximum Gasteiger partial charge on any atom is 0.499 e. The van der Waals surface area contributed by atoms with Crippen molar-refractivity contribution in [2.75, 3.05) is 33.0 Å². The predicted molar refractivity (Wildman–Crippen MR) is 288 cm³/mol. The van der Waals surface area contributed by atoms with Crippen LogP contribution in [-0.4, -0.2) is 84.9 Å². The molecular weight excluding hydrogens is 1080 g/mol. The Morgan fingerprint density at radius 3 is 1.28 bits per heavy atom. The molecule has 4 aromatic carbocycles. The third-order valence-electron chi connectivity index (χ3n) is 13.1. The summed E-state index contributed by atoms with van der Waals surface area (Å²) < 4.78 is 72.8. The smallest absolute Gasteiger partial charge is 0.491 e. The maximum absolute atomic E-state index is 6.26. The average molecular weight is 1140 g/mol. The highest BCUT2D eigenvalue weighted by atomic mass is 79.9. The van der Waals surface area contributed by atoms with Gasteiger partial charge in [-0.2, -0.15) is 0 Å². The Morgan fingerprint density at radius 1 is 0.507 bits per heavy atom. The molecule has 0 saturated heterocycles. The summed E-state index contributed by atoms with van der Waals surface area (Å²) in [5.41, 5.74) is 13.3. The van der Waals surface area contributed by atoms with E-state index in [0.717, 1.165) is 89.2 Å². The van der Waals surface area contributed by atoms with Gasteiger partial charge < -0.3 is 61.9 Å². The van der Waals surface area contributed by atoms with Crippen molar-refractivity contribution < 1.29 is 56.2 Å². The molecule has 71 heavy (non-hydrogen) atoms. The van der Waals surface area contributed by atoms with Gasteiger partial charge in [-0.1, -0.05) is 83.3 Å². The second-order valence-corrected chi connectivity index (χ2v) is 22.1. The summed E-state index contributed by atoms with van der Waals surface area (Å²) in [5.74, 6) is 3.41. The molecule has 12 rings (SSSR count). The Morgan fingerprint density at radius 2 is 0.845 bits per heavy atom. The normalized spacial score (nSPS) is 25.0. The zero-order valence-corrected chi connectivity index (χ0v) is 45.7. The summed E-state index contributed by atoms with van der Waals surface area (Å²) in [5, 5.41) is 1.39. The van der Waals surface area contributed by atoms with Crippen molar-refractivity contribution in [1.82, 2.24) is 0 Å². The minimum atomic E-state index is -0.445. The predicted octanol–water partition coefficient (Wildman–Crippen LogP) is 9.44. The number of halogens is 4. The Bertz CT molecular complexity index is 2410. The van der Waals surface area contributed by atoms with Crippen LogP contribution in [0.4, 0.5) is 0 Å². The lowest BCUT2D eigenvalue weighted by molar-refractivity contribution is 0.0267. The van der Waals surface area contributed by atoms with E-state index in [4.69, 9.17) is 85.1 Å². The van der Waals surface area contributed by atoms with Gasteiger partial charge in [0.05, 0.1) is 47.8 Å². The second kappa shape index (κ2) is 22.4. The number of hydrogen-bond donors (Lipinski definition) is 1. The number of rotatable bonds is 4. The van der Waals surface area contributed by atoms with Crippen LogP contribution in [0.1, 0.15) is 136 Å². The first-order valence-electron chi connectivity index (χ1n) is 24.2. The van der Waals surface area contributed by atoms with Gasteiger partial charge >= 0.3 is 28.5 Å². The fourth-order valence-corrected chi connectivity index (χ4v) is 11.6. The molecule has 0 spiro atoms. The van der Waals surface area contributed by atoms with Crippen LogP contribution >= 0.6 is 55.1 Å². The highest BCUT2D eigenvalue weighted by Gasteiger charge is 2.49. The zero-order chi connectivity index (χ0) is 49.8. The highest BCUT2D eigenvalue weighted by Crippen LogP contribution is 2.42. The topological polar surface area (TPSA) is 137 Å². The van der Waals surface area contributed by atoms with Crippen molar-refractivity contribution in [3.05, 3.63) is 89.8 Å². The van der Waals surface area contributed by atoms with Crippen molar-refractivity contribution >= 4 is 105 Å². The van der Waals surface area contributed by atoms with Crippen molar-refractivity contribution in [2.45, 2.75) is 137 Å². The number of nitrogens with two attached hydrogens (primary N) is 1. The Kier molecular flexibility index (Phi) is 17.3. The third kappa shape index (κ3) is 11.1. The first kappa shape index (κ1) is 54.8. The molecule has 0 aromatic heterocycles. The van der Waals surface area contributed by atoms with Crippen molar-refractivity contribution in [3.8, 4) is 23.0 Å². The monoisotopic (exact) mass is 1140 g/mol. The fraction of sp³-hybridized carbons (Fsp3) is 0.520. The van der Waals surface area contributed by atoms with Crippen LogP contribution in [0.25, 0.3) is 0 Å². The molecule has 0 radical (unpaired) electrons. The van der Waals surface area contributed by atoms with Gasteiger partial charge in [0.2, 0.25) is 0 Å². The lowest BCUT2D eigenvalue weighted by atomic mass is 9.77. The molecule has 13 nitrogen and oxygen atoms in total. The van der Waals surface area contributed by atoms with Crippen LogP contribution in [0, 0.1) is 0 Å². The van der Waals surface area contributed by atoms with E-state index in [2.05, 4.69) is 52.6 Å².